The number of hydrogen-bond donors (Lipinski definition) is 1. The third-order valence-electron chi connectivity index (χ3n) is 1.54. The first-order chi connectivity index (χ1) is 6.27. The zero-order valence-electron chi connectivity index (χ0n) is 7.24. The van der Waals surface area contributed by atoms with E-state index in [1.807, 2.05) is 6.07 Å². The Morgan fingerprint density at radius 2 is 2.54 bits per heavy atom. The third kappa shape index (κ3) is 2.27. The summed E-state index contributed by atoms with van der Waals surface area (Å²) in [6.07, 6.45) is 3.35. The van der Waals surface area contributed by atoms with E-state index in [1.54, 1.807) is 13.0 Å². The van der Waals surface area contributed by atoms with E-state index in [4.69, 9.17) is 5.26 Å². The molecule has 1 rings (SSSR count). The molecule has 13 heavy (non-hydrogen) atoms. The summed E-state index contributed by atoms with van der Waals surface area (Å²) in [6.45, 7) is 1.75. The summed E-state index contributed by atoms with van der Waals surface area (Å²) in [7, 11) is 0. The van der Waals surface area contributed by atoms with Crippen LogP contribution in [-0.4, -0.2) is 10.9 Å². The van der Waals surface area contributed by atoms with Crippen LogP contribution < -0.4 is 5.32 Å². The topological polar surface area (TPSA) is 65.8 Å². The fourth-order valence-corrected chi connectivity index (χ4v) is 0.831. The van der Waals surface area contributed by atoms with E-state index in [-0.39, 0.29) is 5.91 Å². The van der Waals surface area contributed by atoms with Crippen LogP contribution in [0.5, 0.6) is 0 Å². The van der Waals surface area contributed by atoms with Crippen molar-refractivity contribution >= 4 is 11.6 Å². The van der Waals surface area contributed by atoms with Gasteiger partial charge in [-0.2, -0.15) is 5.26 Å². The van der Waals surface area contributed by atoms with Crippen LogP contribution in [0, 0.1) is 11.3 Å². The maximum atomic E-state index is 11.0. The molecule has 4 heteroatoms. The highest BCUT2D eigenvalue weighted by atomic mass is 16.1. The second-order valence-electron chi connectivity index (χ2n) is 2.43. The van der Waals surface area contributed by atoms with E-state index in [9.17, 15) is 4.79 Å². The molecule has 0 aromatic carbocycles. The number of carbonyl (C=O) groups is 1. The molecule has 0 radical (unpaired) electrons. The number of nitriles is 1. The van der Waals surface area contributed by atoms with Gasteiger partial charge in [-0.1, -0.05) is 6.92 Å². The number of anilines is 1. The molecule has 0 saturated heterocycles. The van der Waals surface area contributed by atoms with Crippen molar-refractivity contribution in [3.63, 3.8) is 0 Å². The Labute approximate surface area is 76.2 Å². The Morgan fingerprint density at radius 1 is 1.77 bits per heavy atom. The van der Waals surface area contributed by atoms with Gasteiger partial charge in [0.15, 0.2) is 0 Å². The zero-order chi connectivity index (χ0) is 9.68. The fraction of sp³-hybridized carbons (Fsp3) is 0.222. The van der Waals surface area contributed by atoms with Crippen molar-refractivity contribution in [2.75, 3.05) is 5.32 Å². The summed E-state index contributed by atoms with van der Waals surface area (Å²) in [6, 6.07) is 3.55. The average Bonchev–Trinajstić information content (AvgIpc) is 2.18. The first kappa shape index (κ1) is 9.20. The minimum Gasteiger partial charge on any atom is -0.325 e. The number of amides is 1. The molecule has 0 aliphatic carbocycles. The van der Waals surface area contributed by atoms with Crippen molar-refractivity contribution in [3.8, 4) is 6.07 Å². The molecular weight excluding hydrogens is 166 g/mol. The lowest BCUT2D eigenvalue weighted by molar-refractivity contribution is -0.115. The van der Waals surface area contributed by atoms with E-state index < -0.39 is 0 Å². The van der Waals surface area contributed by atoms with Crippen molar-refractivity contribution in [2.45, 2.75) is 13.3 Å². The van der Waals surface area contributed by atoms with Crippen molar-refractivity contribution in [2.24, 2.45) is 0 Å². The number of hydrogen-bond acceptors (Lipinski definition) is 3. The molecule has 0 saturated carbocycles. The SMILES string of the molecule is CCC(=O)Nc1ccncc1C#N. The van der Waals surface area contributed by atoms with Crippen LogP contribution in [0.25, 0.3) is 0 Å². The first-order valence-electron chi connectivity index (χ1n) is 3.92. The fourth-order valence-electron chi connectivity index (χ4n) is 0.831. The van der Waals surface area contributed by atoms with Crippen LogP contribution in [0.4, 0.5) is 5.69 Å². The lowest BCUT2D eigenvalue weighted by Crippen LogP contribution is -2.10. The number of aromatic nitrogens is 1. The van der Waals surface area contributed by atoms with E-state index in [1.165, 1.54) is 12.4 Å². The molecule has 0 aliphatic heterocycles. The third-order valence-corrected chi connectivity index (χ3v) is 1.54. The van der Waals surface area contributed by atoms with Gasteiger partial charge >= 0.3 is 0 Å². The molecule has 66 valence electrons. The summed E-state index contributed by atoms with van der Waals surface area (Å²) >= 11 is 0. The van der Waals surface area contributed by atoms with Gasteiger partial charge in [-0.3, -0.25) is 9.78 Å². The molecule has 0 fully saturated rings. The summed E-state index contributed by atoms with van der Waals surface area (Å²) in [5.74, 6) is -0.109. The summed E-state index contributed by atoms with van der Waals surface area (Å²) < 4.78 is 0. The molecule has 4 nitrogen and oxygen atoms in total. The molecule has 0 bridgehead atoms. The molecular formula is C9H9N3O. The smallest absolute Gasteiger partial charge is 0.224 e. The molecule has 1 aromatic heterocycles. The Bertz CT molecular complexity index is 354. The van der Waals surface area contributed by atoms with E-state index in [0.29, 0.717) is 17.7 Å². The Hall–Kier alpha value is -1.89. The molecule has 1 heterocycles. The van der Waals surface area contributed by atoms with Gasteiger partial charge in [0.05, 0.1) is 11.3 Å². The zero-order valence-corrected chi connectivity index (χ0v) is 7.24. The lowest BCUT2D eigenvalue weighted by atomic mass is 10.2. The average molecular weight is 175 g/mol. The molecule has 1 amide bonds. The number of carbonyl (C=O) groups excluding carboxylic acids is 1. The number of nitrogens with one attached hydrogen (secondary N) is 1. The monoisotopic (exact) mass is 175 g/mol. The quantitative estimate of drug-likeness (QED) is 0.736. The van der Waals surface area contributed by atoms with Gasteiger partial charge in [0.1, 0.15) is 6.07 Å². The minimum atomic E-state index is -0.109. The van der Waals surface area contributed by atoms with Gasteiger partial charge in [0.25, 0.3) is 0 Å². The van der Waals surface area contributed by atoms with Crippen molar-refractivity contribution in [1.82, 2.24) is 4.98 Å². The van der Waals surface area contributed by atoms with Gasteiger partial charge < -0.3 is 5.32 Å². The second-order valence-corrected chi connectivity index (χ2v) is 2.43. The Morgan fingerprint density at radius 3 is 3.15 bits per heavy atom. The van der Waals surface area contributed by atoms with Crippen LogP contribution in [0.1, 0.15) is 18.9 Å². The highest BCUT2D eigenvalue weighted by Gasteiger charge is 2.03. The van der Waals surface area contributed by atoms with Gasteiger partial charge in [-0.15, -0.1) is 0 Å². The summed E-state index contributed by atoms with van der Waals surface area (Å²) in [5, 5.41) is 11.3. The Kier molecular flexibility index (Phi) is 2.98. The standard InChI is InChI=1S/C9H9N3O/c1-2-9(13)12-8-3-4-11-6-7(8)5-10/h3-4,6H,2H2,1H3,(H,11,12,13). The summed E-state index contributed by atoms with van der Waals surface area (Å²) in [5.41, 5.74) is 0.897. The van der Waals surface area contributed by atoms with Gasteiger partial charge in [0, 0.05) is 18.8 Å². The van der Waals surface area contributed by atoms with Gasteiger partial charge in [-0.25, -0.2) is 0 Å². The minimum absolute atomic E-state index is 0.109. The van der Waals surface area contributed by atoms with Crippen LogP contribution in [-0.2, 0) is 4.79 Å². The van der Waals surface area contributed by atoms with Crippen LogP contribution in [0.15, 0.2) is 18.5 Å². The van der Waals surface area contributed by atoms with E-state index >= 15 is 0 Å². The van der Waals surface area contributed by atoms with Crippen molar-refractivity contribution in [3.05, 3.63) is 24.0 Å². The molecule has 1 aromatic rings. The molecule has 1 N–H and O–H groups in total. The molecule has 0 atom stereocenters. The first-order valence-corrected chi connectivity index (χ1v) is 3.92. The predicted octanol–water partition coefficient (Wildman–Crippen LogP) is 1.30. The summed E-state index contributed by atoms with van der Waals surface area (Å²) in [4.78, 5) is 14.8. The molecule has 0 aliphatic rings. The van der Waals surface area contributed by atoms with E-state index in [0.717, 1.165) is 0 Å². The molecule has 0 spiro atoms. The maximum Gasteiger partial charge on any atom is 0.224 e. The van der Waals surface area contributed by atoms with E-state index in [2.05, 4.69) is 10.3 Å². The number of rotatable bonds is 2. The largest absolute Gasteiger partial charge is 0.325 e. The van der Waals surface area contributed by atoms with Crippen molar-refractivity contribution < 1.29 is 4.79 Å². The highest BCUT2D eigenvalue weighted by molar-refractivity contribution is 5.91. The van der Waals surface area contributed by atoms with Crippen LogP contribution >= 0.6 is 0 Å². The van der Waals surface area contributed by atoms with Crippen molar-refractivity contribution in [1.29, 1.82) is 5.26 Å². The van der Waals surface area contributed by atoms with Crippen LogP contribution in [0.3, 0.4) is 0 Å². The number of pyridine rings is 1. The molecule has 0 unspecified atom stereocenters. The number of nitrogens with zero attached hydrogens (tertiary/aromatic N) is 2. The lowest BCUT2D eigenvalue weighted by Gasteiger charge is -2.03. The predicted molar refractivity (Wildman–Crippen MR) is 47.9 cm³/mol. The highest BCUT2D eigenvalue weighted by Crippen LogP contribution is 2.11. The Balaban J connectivity index is 2.89. The second kappa shape index (κ2) is 4.21. The normalized spacial score (nSPS) is 8.92. The maximum absolute atomic E-state index is 11.0. The van der Waals surface area contributed by atoms with Gasteiger partial charge in [0.2, 0.25) is 5.91 Å². The van der Waals surface area contributed by atoms with Gasteiger partial charge in [-0.05, 0) is 6.07 Å². The van der Waals surface area contributed by atoms with Crippen LogP contribution in [0.2, 0.25) is 0 Å².